The van der Waals surface area contributed by atoms with Crippen LogP contribution in [0.2, 0.25) is 0 Å². The molecule has 0 spiro atoms. The normalized spacial score (nSPS) is 13.7. The number of aryl methyl sites for hydroxylation is 1. The van der Waals surface area contributed by atoms with E-state index in [1.54, 1.807) is 37.4 Å². The minimum atomic E-state index is -1.23. The molecule has 2 N–H and O–H groups in total. The van der Waals surface area contributed by atoms with Crippen molar-refractivity contribution in [2.24, 2.45) is 0 Å². The molecule has 0 bridgehead atoms. The number of nitrogens with zero attached hydrogens (tertiary/aromatic N) is 1. The van der Waals surface area contributed by atoms with E-state index in [9.17, 15) is 9.90 Å². The van der Waals surface area contributed by atoms with Gasteiger partial charge in [-0.2, -0.15) is 0 Å². The van der Waals surface area contributed by atoms with Crippen LogP contribution in [0.4, 0.5) is 10.2 Å². The second-order valence-corrected chi connectivity index (χ2v) is 7.66. The van der Waals surface area contributed by atoms with Crippen LogP contribution in [0.25, 0.3) is 11.1 Å². The number of benzene rings is 2. The molecule has 0 aliphatic heterocycles. The number of aromatic nitrogens is 1. The molecule has 2 aromatic carbocycles. The molecule has 1 aliphatic carbocycles. The van der Waals surface area contributed by atoms with Gasteiger partial charge in [-0.05, 0) is 60.6 Å². The van der Waals surface area contributed by atoms with Gasteiger partial charge in [0.15, 0.2) is 11.6 Å². The zero-order chi connectivity index (χ0) is 21.3. The van der Waals surface area contributed by atoms with Crippen molar-refractivity contribution in [2.75, 3.05) is 5.73 Å². The average molecular weight is 405 g/mol. The summed E-state index contributed by atoms with van der Waals surface area (Å²) in [5, 5.41) is 11.0. The van der Waals surface area contributed by atoms with Crippen molar-refractivity contribution in [2.45, 2.75) is 38.7 Å². The number of carbonyl (C=O) groups is 1. The van der Waals surface area contributed by atoms with Crippen LogP contribution in [0.1, 0.15) is 52.2 Å². The second-order valence-electron chi connectivity index (χ2n) is 7.66. The number of carboxylic acids is 1. The van der Waals surface area contributed by atoms with Gasteiger partial charge in [0.1, 0.15) is 12.4 Å². The molecule has 1 fully saturated rings. The summed E-state index contributed by atoms with van der Waals surface area (Å²) in [6, 6.07) is 11.8. The highest BCUT2D eigenvalue weighted by molar-refractivity contribution is 5.86. The highest BCUT2D eigenvalue weighted by Crippen LogP contribution is 2.44. The van der Waals surface area contributed by atoms with E-state index >= 15 is 4.39 Å². The molecule has 1 saturated carbocycles. The van der Waals surface area contributed by atoms with E-state index in [0.717, 1.165) is 36.0 Å². The van der Waals surface area contributed by atoms with Gasteiger partial charge >= 0.3 is 0 Å². The highest BCUT2D eigenvalue weighted by atomic mass is 19.1. The maximum atomic E-state index is 15.5. The fourth-order valence-corrected chi connectivity index (χ4v) is 3.68. The van der Waals surface area contributed by atoms with Crippen LogP contribution >= 0.6 is 0 Å². The Hall–Kier alpha value is -3.41. The monoisotopic (exact) mass is 405 g/mol. The Morgan fingerprint density at radius 1 is 1.23 bits per heavy atom. The summed E-state index contributed by atoms with van der Waals surface area (Å²) in [6.45, 7) is 1.93. The minimum Gasteiger partial charge on any atom is -0.545 e. The number of nitrogens with two attached hydrogens (primary N) is 1. The van der Waals surface area contributed by atoms with Crippen molar-refractivity contribution in [3.8, 4) is 16.9 Å². The number of carboxylic acid groups (broad SMARTS) is 1. The molecule has 1 heterocycles. The number of hydrogen-bond donors (Lipinski definition) is 1. The lowest BCUT2D eigenvalue weighted by Gasteiger charge is -2.28. The van der Waals surface area contributed by atoms with Crippen LogP contribution in [0, 0.1) is 12.7 Å². The first-order valence-corrected chi connectivity index (χ1v) is 9.92. The van der Waals surface area contributed by atoms with Crippen molar-refractivity contribution in [3.63, 3.8) is 0 Å². The van der Waals surface area contributed by atoms with E-state index in [2.05, 4.69) is 4.98 Å². The topological polar surface area (TPSA) is 88.3 Å². The quantitative estimate of drug-likeness (QED) is 0.670. The van der Waals surface area contributed by atoms with Gasteiger partial charge in [0.25, 0.3) is 0 Å². The van der Waals surface area contributed by atoms with E-state index in [0.29, 0.717) is 16.9 Å². The van der Waals surface area contributed by atoms with Crippen LogP contribution in [0.3, 0.4) is 0 Å². The largest absolute Gasteiger partial charge is 0.545 e. The Bertz CT molecular complexity index is 1090. The molecule has 3 aromatic rings. The van der Waals surface area contributed by atoms with Crippen molar-refractivity contribution in [3.05, 3.63) is 76.7 Å². The molecule has 1 aliphatic rings. The molecule has 0 saturated heterocycles. The number of hydrogen-bond acceptors (Lipinski definition) is 5. The Kier molecular flexibility index (Phi) is 5.40. The van der Waals surface area contributed by atoms with E-state index in [-0.39, 0.29) is 23.8 Å². The van der Waals surface area contributed by atoms with Gasteiger partial charge in [0, 0.05) is 22.9 Å². The summed E-state index contributed by atoms with van der Waals surface area (Å²) in [4.78, 5) is 15.1. The molecule has 6 heteroatoms. The molecule has 0 unspecified atom stereocenters. The Morgan fingerprint density at radius 3 is 2.63 bits per heavy atom. The van der Waals surface area contributed by atoms with Crippen molar-refractivity contribution >= 4 is 11.8 Å². The second kappa shape index (κ2) is 8.14. The molecule has 0 amide bonds. The van der Waals surface area contributed by atoms with Gasteiger partial charge in [-0.1, -0.05) is 30.7 Å². The lowest BCUT2D eigenvalue weighted by molar-refractivity contribution is -0.255. The predicted octanol–water partition coefficient (Wildman–Crippen LogP) is 3.99. The minimum absolute atomic E-state index is 0.107. The first kappa shape index (κ1) is 19.9. The van der Waals surface area contributed by atoms with E-state index in [1.807, 2.05) is 6.07 Å². The van der Waals surface area contributed by atoms with Gasteiger partial charge < -0.3 is 20.4 Å². The third-order valence-corrected chi connectivity index (χ3v) is 5.72. The lowest BCUT2D eigenvalue weighted by atomic mass is 9.79. The standard InChI is InChI=1S/C24H23FN2O3/c1-14-11-16(24(28)29)5-6-18(14)13-30-23-20(15-3-2-4-15)9-8-19(22(23)25)17-7-10-21(26)27-12-17/h5-12,15H,2-4,13H2,1H3,(H2,26,27)(H,28,29)/p-1. The third-order valence-electron chi connectivity index (χ3n) is 5.72. The smallest absolute Gasteiger partial charge is 0.173 e. The number of carbonyl (C=O) groups excluding carboxylic acids is 1. The summed E-state index contributed by atoms with van der Waals surface area (Å²) >= 11 is 0. The fraction of sp³-hybridized carbons (Fsp3) is 0.250. The lowest BCUT2D eigenvalue weighted by Crippen LogP contribution is -2.22. The number of halogens is 1. The van der Waals surface area contributed by atoms with Crippen LogP contribution in [-0.4, -0.2) is 11.0 Å². The average Bonchev–Trinajstić information content (AvgIpc) is 2.68. The zero-order valence-electron chi connectivity index (χ0n) is 16.7. The number of ether oxygens (including phenoxy) is 1. The van der Waals surface area contributed by atoms with Crippen molar-refractivity contribution in [1.82, 2.24) is 4.98 Å². The molecule has 4 rings (SSSR count). The number of nitrogen functional groups attached to an aromatic ring is 1. The first-order chi connectivity index (χ1) is 14.4. The van der Waals surface area contributed by atoms with Gasteiger partial charge in [-0.15, -0.1) is 0 Å². The molecular formula is C24H22FN2O3-. The number of rotatable bonds is 6. The Labute approximate surface area is 174 Å². The Morgan fingerprint density at radius 2 is 2.03 bits per heavy atom. The van der Waals surface area contributed by atoms with Crippen LogP contribution in [-0.2, 0) is 6.61 Å². The van der Waals surface area contributed by atoms with Gasteiger partial charge in [-0.3, -0.25) is 0 Å². The van der Waals surface area contributed by atoms with Crippen molar-refractivity contribution < 1.29 is 19.0 Å². The SMILES string of the molecule is Cc1cc(C(=O)[O-])ccc1COc1c(C2CCC2)ccc(-c2ccc(N)nc2)c1F. The fourth-order valence-electron chi connectivity index (χ4n) is 3.68. The Balaban J connectivity index is 1.67. The number of pyridine rings is 1. The summed E-state index contributed by atoms with van der Waals surface area (Å²) in [5.41, 5.74) is 9.20. The van der Waals surface area contributed by atoms with E-state index < -0.39 is 11.8 Å². The molecular weight excluding hydrogens is 383 g/mol. The van der Waals surface area contributed by atoms with Crippen molar-refractivity contribution in [1.29, 1.82) is 0 Å². The first-order valence-electron chi connectivity index (χ1n) is 9.92. The molecule has 1 aromatic heterocycles. The molecule has 30 heavy (non-hydrogen) atoms. The summed E-state index contributed by atoms with van der Waals surface area (Å²) in [5.74, 6) is -0.743. The number of anilines is 1. The third kappa shape index (κ3) is 3.85. The molecule has 154 valence electrons. The van der Waals surface area contributed by atoms with E-state index in [4.69, 9.17) is 10.5 Å². The summed E-state index contributed by atoms with van der Waals surface area (Å²) in [7, 11) is 0. The predicted molar refractivity (Wildman–Crippen MR) is 110 cm³/mol. The van der Waals surface area contributed by atoms with Crippen LogP contribution in [0.15, 0.2) is 48.7 Å². The maximum absolute atomic E-state index is 15.5. The van der Waals surface area contributed by atoms with E-state index in [1.165, 1.54) is 12.1 Å². The summed E-state index contributed by atoms with van der Waals surface area (Å²) in [6.07, 6.45) is 4.69. The van der Waals surface area contributed by atoms with Gasteiger partial charge in [0.2, 0.25) is 0 Å². The van der Waals surface area contributed by atoms with Gasteiger partial charge in [-0.25, -0.2) is 9.37 Å². The molecule has 0 radical (unpaired) electrons. The highest BCUT2D eigenvalue weighted by Gasteiger charge is 2.26. The zero-order valence-corrected chi connectivity index (χ0v) is 16.7. The number of aromatic carboxylic acids is 1. The molecule has 5 nitrogen and oxygen atoms in total. The van der Waals surface area contributed by atoms with Crippen LogP contribution < -0.4 is 15.6 Å². The maximum Gasteiger partial charge on any atom is 0.173 e. The molecule has 0 atom stereocenters. The van der Waals surface area contributed by atoms with Gasteiger partial charge in [0.05, 0.1) is 5.97 Å². The summed E-state index contributed by atoms with van der Waals surface area (Å²) < 4.78 is 21.5. The van der Waals surface area contributed by atoms with Crippen LogP contribution in [0.5, 0.6) is 5.75 Å².